The van der Waals surface area contributed by atoms with Crippen molar-refractivity contribution in [3.05, 3.63) is 29.9 Å². The lowest BCUT2D eigenvalue weighted by molar-refractivity contribution is 0.203. The molecule has 1 saturated carbocycles. The molecule has 2 N–H and O–H groups in total. The lowest BCUT2D eigenvalue weighted by Gasteiger charge is -2.37. The van der Waals surface area contributed by atoms with Gasteiger partial charge in [0, 0.05) is 12.6 Å². The quantitative estimate of drug-likeness (QED) is 0.845. The molecule has 1 aromatic heterocycles. The minimum absolute atomic E-state index is 0.102. The van der Waals surface area contributed by atoms with Gasteiger partial charge in [-0.25, -0.2) is 9.37 Å². The summed E-state index contributed by atoms with van der Waals surface area (Å²) >= 11 is 0. The highest BCUT2D eigenvalue weighted by Crippen LogP contribution is 2.43. The van der Waals surface area contributed by atoms with E-state index < -0.39 is 0 Å². The van der Waals surface area contributed by atoms with E-state index in [0.29, 0.717) is 23.5 Å². The van der Waals surface area contributed by atoms with Gasteiger partial charge in [0.2, 0.25) is 5.89 Å². The molecule has 0 bridgehead atoms. The molecule has 84 valence electrons. The summed E-state index contributed by atoms with van der Waals surface area (Å²) in [5.41, 5.74) is 6.89. The zero-order chi connectivity index (χ0) is 11.2. The van der Waals surface area contributed by atoms with E-state index in [2.05, 4.69) is 4.98 Å². The first-order chi connectivity index (χ1) is 7.73. The first-order valence-electron chi connectivity index (χ1n) is 5.50. The summed E-state index contributed by atoms with van der Waals surface area (Å²) in [5, 5.41) is 0. The van der Waals surface area contributed by atoms with Crippen molar-refractivity contribution in [2.24, 2.45) is 5.73 Å². The normalized spacial score (nSPS) is 18.6. The van der Waals surface area contributed by atoms with Crippen LogP contribution < -0.4 is 5.73 Å². The van der Waals surface area contributed by atoms with Gasteiger partial charge in [-0.3, -0.25) is 0 Å². The molecular formula is C12H13FN2O. The smallest absolute Gasteiger partial charge is 0.202 e. The summed E-state index contributed by atoms with van der Waals surface area (Å²) in [5.74, 6) is 0.368. The topological polar surface area (TPSA) is 52.0 Å². The first-order valence-corrected chi connectivity index (χ1v) is 5.50. The van der Waals surface area contributed by atoms with Gasteiger partial charge in [0.05, 0.1) is 5.41 Å². The van der Waals surface area contributed by atoms with Crippen LogP contribution in [0.2, 0.25) is 0 Å². The number of rotatable bonds is 2. The van der Waals surface area contributed by atoms with Crippen LogP contribution in [-0.4, -0.2) is 11.5 Å². The van der Waals surface area contributed by atoms with Gasteiger partial charge in [-0.2, -0.15) is 0 Å². The highest BCUT2D eigenvalue weighted by Gasteiger charge is 2.41. The second-order valence-corrected chi connectivity index (χ2v) is 4.47. The number of oxazole rings is 1. The summed E-state index contributed by atoms with van der Waals surface area (Å²) in [7, 11) is 0. The third-order valence-corrected chi connectivity index (χ3v) is 3.51. The van der Waals surface area contributed by atoms with Gasteiger partial charge in [0.15, 0.2) is 5.58 Å². The van der Waals surface area contributed by atoms with Crippen molar-refractivity contribution in [1.82, 2.24) is 4.98 Å². The van der Waals surface area contributed by atoms with E-state index in [1.807, 2.05) is 0 Å². The van der Waals surface area contributed by atoms with Crippen molar-refractivity contribution in [2.75, 3.05) is 6.54 Å². The fourth-order valence-electron chi connectivity index (χ4n) is 2.23. The van der Waals surface area contributed by atoms with Crippen molar-refractivity contribution in [1.29, 1.82) is 0 Å². The van der Waals surface area contributed by atoms with Crippen molar-refractivity contribution in [3.63, 3.8) is 0 Å². The minimum atomic E-state index is -0.300. The predicted octanol–water partition coefficient (Wildman–Crippen LogP) is 2.35. The highest BCUT2D eigenvalue weighted by molar-refractivity contribution is 5.72. The molecule has 1 aliphatic carbocycles. The maximum atomic E-state index is 13.0. The number of nitrogens with zero attached hydrogens (tertiary/aromatic N) is 1. The third-order valence-electron chi connectivity index (χ3n) is 3.51. The molecule has 0 amide bonds. The Bertz CT molecular complexity index is 525. The summed E-state index contributed by atoms with van der Waals surface area (Å²) in [4.78, 5) is 4.41. The van der Waals surface area contributed by atoms with Crippen LogP contribution in [0.3, 0.4) is 0 Å². The molecule has 16 heavy (non-hydrogen) atoms. The van der Waals surface area contributed by atoms with Crippen LogP contribution in [0.1, 0.15) is 25.2 Å². The van der Waals surface area contributed by atoms with Crippen LogP contribution in [0.5, 0.6) is 0 Å². The van der Waals surface area contributed by atoms with Crippen LogP contribution in [0.4, 0.5) is 4.39 Å². The van der Waals surface area contributed by atoms with Crippen LogP contribution in [0.25, 0.3) is 11.1 Å². The number of hydrogen-bond donors (Lipinski definition) is 1. The molecule has 3 nitrogen and oxygen atoms in total. The van der Waals surface area contributed by atoms with Gasteiger partial charge in [0.25, 0.3) is 0 Å². The SMILES string of the molecule is NCC1(c2nc3ccc(F)cc3o2)CCC1. The first kappa shape index (κ1) is 9.78. The van der Waals surface area contributed by atoms with Gasteiger partial charge in [-0.1, -0.05) is 6.42 Å². The Labute approximate surface area is 92.5 Å². The van der Waals surface area contributed by atoms with E-state index in [1.54, 1.807) is 6.07 Å². The van der Waals surface area contributed by atoms with Gasteiger partial charge in [-0.15, -0.1) is 0 Å². The molecule has 3 rings (SSSR count). The molecule has 1 fully saturated rings. The molecule has 2 aromatic rings. The van der Waals surface area contributed by atoms with E-state index in [0.717, 1.165) is 19.3 Å². The average molecular weight is 220 g/mol. The van der Waals surface area contributed by atoms with Crippen LogP contribution in [-0.2, 0) is 5.41 Å². The molecule has 0 saturated heterocycles. The summed E-state index contributed by atoms with van der Waals surface area (Å²) in [6.07, 6.45) is 3.18. The number of halogens is 1. The van der Waals surface area contributed by atoms with Crippen molar-refractivity contribution in [2.45, 2.75) is 24.7 Å². The Hall–Kier alpha value is -1.42. The summed E-state index contributed by atoms with van der Waals surface area (Å²) < 4.78 is 18.6. The van der Waals surface area contributed by atoms with Gasteiger partial charge in [-0.05, 0) is 25.0 Å². The van der Waals surface area contributed by atoms with E-state index in [-0.39, 0.29) is 11.2 Å². The van der Waals surface area contributed by atoms with Crippen LogP contribution >= 0.6 is 0 Å². The summed E-state index contributed by atoms with van der Waals surface area (Å²) in [6.45, 7) is 0.544. The van der Waals surface area contributed by atoms with Crippen molar-refractivity contribution < 1.29 is 8.81 Å². The van der Waals surface area contributed by atoms with Crippen LogP contribution in [0, 0.1) is 5.82 Å². The van der Waals surface area contributed by atoms with Gasteiger partial charge >= 0.3 is 0 Å². The fraction of sp³-hybridized carbons (Fsp3) is 0.417. The lowest BCUT2D eigenvalue weighted by atomic mass is 9.69. The van der Waals surface area contributed by atoms with E-state index >= 15 is 0 Å². The second kappa shape index (κ2) is 3.28. The number of hydrogen-bond acceptors (Lipinski definition) is 3. The largest absolute Gasteiger partial charge is 0.440 e. The number of aromatic nitrogens is 1. The van der Waals surface area contributed by atoms with E-state index in [4.69, 9.17) is 10.2 Å². The Kier molecular flexibility index (Phi) is 2.01. The van der Waals surface area contributed by atoms with Crippen LogP contribution in [0.15, 0.2) is 22.6 Å². The van der Waals surface area contributed by atoms with Crippen molar-refractivity contribution in [3.8, 4) is 0 Å². The maximum Gasteiger partial charge on any atom is 0.202 e. The number of benzene rings is 1. The fourth-order valence-corrected chi connectivity index (χ4v) is 2.23. The third kappa shape index (κ3) is 1.26. The molecule has 0 spiro atoms. The number of nitrogens with two attached hydrogens (primary N) is 1. The Morgan fingerprint density at radius 1 is 1.44 bits per heavy atom. The molecule has 0 radical (unpaired) electrons. The molecule has 4 heteroatoms. The molecule has 0 unspecified atom stereocenters. The summed E-state index contributed by atoms with van der Waals surface area (Å²) in [6, 6.07) is 4.40. The Balaban J connectivity index is 2.11. The highest BCUT2D eigenvalue weighted by atomic mass is 19.1. The zero-order valence-corrected chi connectivity index (χ0v) is 8.87. The van der Waals surface area contributed by atoms with E-state index in [9.17, 15) is 4.39 Å². The van der Waals surface area contributed by atoms with Crippen molar-refractivity contribution >= 4 is 11.1 Å². The average Bonchev–Trinajstić information content (AvgIpc) is 2.60. The van der Waals surface area contributed by atoms with Gasteiger partial charge in [0.1, 0.15) is 11.3 Å². The molecule has 1 aliphatic rings. The maximum absolute atomic E-state index is 13.0. The standard InChI is InChI=1S/C12H13FN2O/c13-8-2-3-9-10(6-8)16-11(15-9)12(7-14)4-1-5-12/h2-3,6H,1,4-5,7,14H2. The molecule has 1 aromatic carbocycles. The monoisotopic (exact) mass is 220 g/mol. The van der Waals surface area contributed by atoms with E-state index in [1.165, 1.54) is 12.1 Å². The zero-order valence-electron chi connectivity index (χ0n) is 8.87. The van der Waals surface area contributed by atoms with Gasteiger partial charge < -0.3 is 10.2 Å². The second-order valence-electron chi connectivity index (χ2n) is 4.47. The number of fused-ring (bicyclic) bond motifs is 1. The Morgan fingerprint density at radius 2 is 2.25 bits per heavy atom. The molecular weight excluding hydrogens is 207 g/mol. The minimum Gasteiger partial charge on any atom is -0.440 e. The molecule has 0 aliphatic heterocycles. The Morgan fingerprint density at radius 3 is 2.88 bits per heavy atom. The molecule has 1 heterocycles. The molecule has 0 atom stereocenters. The predicted molar refractivity (Wildman–Crippen MR) is 58.6 cm³/mol. The lowest BCUT2D eigenvalue weighted by Crippen LogP contribution is -2.41.